The van der Waals surface area contributed by atoms with Crippen LogP contribution < -0.4 is 10.2 Å². The van der Waals surface area contributed by atoms with Gasteiger partial charge in [0, 0.05) is 17.6 Å². The molecular formula is C25H22N4O2S. The Labute approximate surface area is 190 Å². The number of amides is 2. The molecule has 32 heavy (non-hydrogen) atoms. The first kappa shape index (κ1) is 21.4. The van der Waals surface area contributed by atoms with Crippen molar-refractivity contribution >= 4 is 29.0 Å². The number of hydrogen-bond donors (Lipinski definition) is 1. The van der Waals surface area contributed by atoms with Crippen LogP contribution in [0.1, 0.15) is 33.2 Å². The molecule has 2 amide bonds. The standard InChI is InChI=1S/C25H22N4O2S/c1-18-12-14-21(15-13-18)29(25(31)22-17-32-28-27-22)23(20-10-6-3-7-11-20)24(30)26-16-19-8-4-2-5-9-19/h2-15,17,23H,16H2,1H3,(H,26,30)/t23-/m0/s1. The number of nitrogens with zero attached hydrogens (tertiary/aromatic N) is 3. The highest BCUT2D eigenvalue weighted by Crippen LogP contribution is 2.30. The number of aromatic nitrogens is 2. The second kappa shape index (κ2) is 9.98. The lowest BCUT2D eigenvalue weighted by atomic mass is 10.0. The Balaban J connectivity index is 1.75. The maximum Gasteiger partial charge on any atom is 0.280 e. The summed E-state index contributed by atoms with van der Waals surface area (Å²) in [7, 11) is 0. The lowest BCUT2D eigenvalue weighted by Gasteiger charge is -2.31. The van der Waals surface area contributed by atoms with Crippen molar-refractivity contribution in [3.63, 3.8) is 0 Å². The Morgan fingerprint density at radius 2 is 1.59 bits per heavy atom. The molecule has 0 aliphatic rings. The molecule has 0 radical (unpaired) electrons. The van der Waals surface area contributed by atoms with Gasteiger partial charge in [-0.05, 0) is 41.7 Å². The van der Waals surface area contributed by atoms with Crippen LogP contribution in [0.2, 0.25) is 0 Å². The fraction of sp³-hybridized carbons (Fsp3) is 0.120. The maximum absolute atomic E-state index is 13.5. The summed E-state index contributed by atoms with van der Waals surface area (Å²) in [6.07, 6.45) is 0. The molecule has 0 spiro atoms. The van der Waals surface area contributed by atoms with Crippen LogP contribution in [0, 0.1) is 6.92 Å². The van der Waals surface area contributed by atoms with Gasteiger partial charge in [0.2, 0.25) is 5.91 Å². The van der Waals surface area contributed by atoms with E-state index >= 15 is 0 Å². The van der Waals surface area contributed by atoms with Crippen LogP contribution in [0.25, 0.3) is 0 Å². The van der Waals surface area contributed by atoms with Crippen molar-refractivity contribution in [2.75, 3.05) is 4.90 Å². The number of hydrogen-bond acceptors (Lipinski definition) is 5. The third-order valence-corrected chi connectivity index (χ3v) is 5.55. The molecule has 1 heterocycles. The normalized spacial score (nSPS) is 11.5. The van der Waals surface area contributed by atoms with Crippen LogP contribution in [0.3, 0.4) is 0 Å². The molecule has 0 aliphatic heterocycles. The van der Waals surface area contributed by atoms with E-state index in [1.165, 1.54) is 4.90 Å². The monoisotopic (exact) mass is 442 g/mol. The second-order valence-corrected chi connectivity index (χ2v) is 7.93. The van der Waals surface area contributed by atoms with Crippen molar-refractivity contribution in [1.29, 1.82) is 0 Å². The molecule has 6 nitrogen and oxygen atoms in total. The van der Waals surface area contributed by atoms with Crippen LogP contribution in [0.15, 0.2) is 90.3 Å². The Morgan fingerprint density at radius 3 is 2.22 bits per heavy atom. The van der Waals surface area contributed by atoms with Crippen molar-refractivity contribution < 1.29 is 9.59 Å². The summed E-state index contributed by atoms with van der Waals surface area (Å²) in [5, 5.41) is 8.54. The van der Waals surface area contributed by atoms with Crippen LogP contribution >= 0.6 is 11.5 Å². The van der Waals surface area contributed by atoms with Gasteiger partial charge in [-0.3, -0.25) is 14.5 Å². The summed E-state index contributed by atoms with van der Waals surface area (Å²) in [4.78, 5) is 28.6. The fourth-order valence-electron chi connectivity index (χ4n) is 3.40. The first-order valence-corrected chi connectivity index (χ1v) is 11.0. The summed E-state index contributed by atoms with van der Waals surface area (Å²) >= 11 is 1.10. The van der Waals surface area contributed by atoms with Gasteiger partial charge in [-0.2, -0.15) is 0 Å². The van der Waals surface area contributed by atoms with E-state index in [1.54, 1.807) is 5.38 Å². The Morgan fingerprint density at radius 1 is 0.938 bits per heavy atom. The third-order valence-electron chi connectivity index (χ3n) is 5.04. The predicted molar refractivity (Wildman–Crippen MR) is 125 cm³/mol. The van der Waals surface area contributed by atoms with Crippen molar-refractivity contribution in [2.24, 2.45) is 0 Å². The predicted octanol–water partition coefficient (Wildman–Crippen LogP) is 4.55. The Hall–Kier alpha value is -3.84. The van der Waals surface area contributed by atoms with Crippen LogP contribution in [-0.4, -0.2) is 21.4 Å². The average Bonchev–Trinajstić information content (AvgIpc) is 3.38. The van der Waals surface area contributed by atoms with E-state index in [-0.39, 0.29) is 17.5 Å². The number of benzene rings is 3. The van der Waals surface area contributed by atoms with Crippen LogP contribution in [0.4, 0.5) is 5.69 Å². The van der Waals surface area contributed by atoms with Crippen molar-refractivity contribution in [1.82, 2.24) is 14.9 Å². The quantitative estimate of drug-likeness (QED) is 0.456. The molecule has 3 aromatic carbocycles. The van der Waals surface area contributed by atoms with Crippen LogP contribution in [0.5, 0.6) is 0 Å². The number of anilines is 1. The molecule has 4 rings (SSSR count). The fourth-order valence-corrected chi connectivity index (χ4v) is 3.83. The molecule has 0 saturated heterocycles. The SMILES string of the molecule is Cc1ccc(N(C(=O)c2csnn2)[C@H](C(=O)NCc2ccccc2)c2ccccc2)cc1. The first-order valence-electron chi connectivity index (χ1n) is 10.2. The number of aryl methyl sites for hydroxylation is 1. The van der Waals surface area contributed by atoms with E-state index < -0.39 is 6.04 Å². The van der Waals surface area contributed by atoms with Gasteiger partial charge in [-0.25, -0.2) is 0 Å². The molecular weight excluding hydrogens is 420 g/mol. The minimum Gasteiger partial charge on any atom is -0.350 e. The van der Waals surface area contributed by atoms with Gasteiger partial charge in [0.25, 0.3) is 5.91 Å². The highest BCUT2D eigenvalue weighted by Gasteiger charge is 2.34. The first-order chi connectivity index (χ1) is 15.6. The maximum atomic E-state index is 13.5. The lowest BCUT2D eigenvalue weighted by Crippen LogP contribution is -2.44. The van der Waals surface area contributed by atoms with Gasteiger partial charge >= 0.3 is 0 Å². The number of carbonyl (C=O) groups is 2. The molecule has 1 N–H and O–H groups in total. The largest absolute Gasteiger partial charge is 0.350 e. The van der Waals surface area contributed by atoms with Crippen molar-refractivity contribution in [3.8, 4) is 0 Å². The summed E-state index contributed by atoms with van der Waals surface area (Å²) < 4.78 is 3.83. The summed E-state index contributed by atoms with van der Waals surface area (Å²) in [6.45, 7) is 2.33. The highest BCUT2D eigenvalue weighted by atomic mass is 32.1. The van der Waals surface area contributed by atoms with E-state index in [0.29, 0.717) is 17.8 Å². The van der Waals surface area contributed by atoms with Gasteiger partial charge < -0.3 is 5.32 Å². The molecule has 0 bridgehead atoms. The minimum atomic E-state index is -0.878. The molecule has 4 aromatic rings. The molecule has 0 aliphatic carbocycles. The smallest absolute Gasteiger partial charge is 0.280 e. The van der Waals surface area contributed by atoms with Gasteiger partial charge in [-0.1, -0.05) is 82.8 Å². The summed E-state index contributed by atoms with van der Waals surface area (Å²) in [5.74, 6) is -0.663. The van der Waals surface area contributed by atoms with E-state index in [9.17, 15) is 9.59 Å². The molecule has 1 aromatic heterocycles. The zero-order chi connectivity index (χ0) is 22.3. The van der Waals surface area contributed by atoms with E-state index in [1.807, 2.05) is 91.9 Å². The topological polar surface area (TPSA) is 75.2 Å². The Bertz CT molecular complexity index is 1160. The minimum absolute atomic E-state index is 0.201. The number of carbonyl (C=O) groups excluding carboxylic acids is 2. The lowest BCUT2D eigenvalue weighted by molar-refractivity contribution is -0.122. The van der Waals surface area contributed by atoms with E-state index in [4.69, 9.17) is 0 Å². The molecule has 7 heteroatoms. The molecule has 0 saturated carbocycles. The molecule has 1 atom stereocenters. The van der Waals surface area contributed by atoms with Crippen molar-refractivity contribution in [3.05, 3.63) is 113 Å². The van der Waals surface area contributed by atoms with Gasteiger partial charge in [-0.15, -0.1) is 5.10 Å². The summed E-state index contributed by atoms with van der Waals surface area (Å²) in [5.41, 5.74) is 3.55. The van der Waals surface area contributed by atoms with Crippen molar-refractivity contribution in [2.45, 2.75) is 19.5 Å². The second-order valence-electron chi connectivity index (χ2n) is 7.32. The zero-order valence-corrected chi connectivity index (χ0v) is 18.3. The highest BCUT2D eigenvalue weighted by molar-refractivity contribution is 7.03. The van der Waals surface area contributed by atoms with Gasteiger partial charge in [0.1, 0.15) is 6.04 Å². The number of nitrogens with one attached hydrogen (secondary N) is 1. The van der Waals surface area contributed by atoms with E-state index in [0.717, 1.165) is 22.7 Å². The van der Waals surface area contributed by atoms with Gasteiger partial charge in [0.15, 0.2) is 5.69 Å². The molecule has 160 valence electrons. The zero-order valence-electron chi connectivity index (χ0n) is 17.5. The number of rotatable bonds is 7. The van der Waals surface area contributed by atoms with E-state index in [2.05, 4.69) is 14.9 Å². The molecule has 0 unspecified atom stereocenters. The van der Waals surface area contributed by atoms with Gasteiger partial charge in [0.05, 0.1) is 0 Å². The average molecular weight is 443 g/mol. The van der Waals surface area contributed by atoms with Crippen LogP contribution in [-0.2, 0) is 11.3 Å². The Kier molecular flexibility index (Phi) is 6.67. The summed E-state index contributed by atoms with van der Waals surface area (Å²) in [6, 6.07) is 25.6. The third kappa shape index (κ3) is 4.90. The molecule has 0 fully saturated rings.